The average molecular weight is 1030 g/mol. The van der Waals surface area contributed by atoms with Crippen LogP contribution in [-0.4, -0.2) is 189 Å². The van der Waals surface area contributed by atoms with Crippen LogP contribution in [0.5, 0.6) is 0 Å². The number of imide groups is 1. The van der Waals surface area contributed by atoms with Gasteiger partial charge < -0.3 is 76.4 Å². The number of benzene rings is 1. The second kappa shape index (κ2) is 35.7. The van der Waals surface area contributed by atoms with Crippen LogP contribution in [0.3, 0.4) is 0 Å². The van der Waals surface area contributed by atoms with E-state index in [9.17, 15) is 80.8 Å². The molecular weight excluding hydrogens is 937 g/mol. The van der Waals surface area contributed by atoms with Crippen LogP contribution >= 0.6 is 0 Å². The molecule has 1 heterocycles. The predicted octanol–water partition coefficient (Wildman–Crippen LogP) is 1.32. The molecule has 1 aromatic carbocycles. The molecule has 0 spiro atoms. The molecular formula is C53H90N2O17. The molecule has 0 saturated carbocycles. The van der Waals surface area contributed by atoms with Gasteiger partial charge in [-0.05, 0) is 102 Å². The minimum Gasteiger partial charge on any atom is -0.499 e. The van der Waals surface area contributed by atoms with Crippen molar-refractivity contribution in [3.8, 4) is 0 Å². The number of carbonyl (C=O) groups excluding carboxylic acids is 3. The number of unbranched alkanes of at least 4 members (excludes halogenated alkanes) is 4. The Morgan fingerprint density at radius 1 is 0.583 bits per heavy atom. The summed E-state index contributed by atoms with van der Waals surface area (Å²) >= 11 is 0. The van der Waals surface area contributed by atoms with E-state index in [2.05, 4.69) is 12.2 Å². The third-order valence-electron chi connectivity index (χ3n) is 13.1. The zero-order chi connectivity index (χ0) is 53.8. The van der Waals surface area contributed by atoms with Crippen LogP contribution in [0.25, 0.3) is 0 Å². The summed E-state index contributed by atoms with van der Waals surface area (Å²) < 4.78 is 5.45. The largest absolute Gasteiger partial charge is 0.499 e. The number of nitrogens with zero attached hydrogens (tertiary/aromatic N) is 1. The van der Waals surface area contributed by atoms with Crippen LogP contribution in [0.4, 0.5) is 0 Å². The lowest BCUT2D eigenvalue weighted by molar-refractivity contribution is -0.139. The van der Waals surface area contributed by atoms with E-state index in [-0.39, 0.29) is 95.4 Å². The topological polar surface area (TPSA) is 339 Å². The quantitative estimate of drug-likeness (QED) is 0.0250. The number of nitrogens with one attached hydrogen (secondary N) is 1. The molecule has 0 aliphatic carbocycles. The molecule has 14 N–H and O–H groups in total. The first-order valence-electron chi connectivity index (χ1n) is 25.9. The van der Waals surface area contributed by atoms with Gasteiger partial charge >= 0.3 is 0 Å². The molecule has 72 heavy (non-hydrogen) atoms. The minimum atomic E-state index is -1.22. The molecule has 1 aromatic rings. The minimum absolute atomic E-state index is 0.0597. The normalized spacial score (nSPS) is 20.2. The number of methoxy groups -OCH3 is 1. The van der Waals surface area contributed by atoms with E-state index in [0.29, 0.717) is 30.9 Å². The van der Waals surface area contributed by atoms with E-state index in [1.54, 1.807) is 6.08 Å². The number of aliphatic hydroxyl groups is 13. The monoisotopic (exact) mass is 1030 g/mol. The van der Waals surface area contributed by atoms with Crippen LogP contribution in [-0.2, 0) is 25.5 Å². The highest BCUT2D eigenvalue weighted by Crippen LogP contribution is 2.27. The van der Waals surface area contributed by atoms with Gasteiger partial charge in [-0.3, -0.25) is 19.3 Å². The van der Waals surface area contributed by atoms with E-state index in [1.165, 1.54) is 18.1 Å². The van der Waals surface area contributed by atoms with Gasteiger partial charge in [0.05, 0.1) is 86.5 Å². The van der Waals surface area contributed by atoms with Crippen molar-refractivity contribution in [2.45, 2.75) is 234 Å². The lowest BCUT2D eigenvalue weighted by Gasteiger charge is -2.24. The summed E-state index contributed by atoms with van der Waals surface area (Å²) in [5.41, 5.74) is 1.90. The van der Waals surface area contributed by atoms with Crippen molar-refractivity contribution in [2.24, 2.45) is 5.92 Å². The lowest BCUT2D eigenvalue weighted by Crippen LogP contribution is -2.41. The van der Waals surface area contributed by atoms with Gasteiger partial charge in [0.1, 0.15) is 11.8 Å². The fourth-order valence-corrected chi connectivity index (χ4v) is 9.66. The van der Waals surface area contributed by atoms with E-state index >= 15 is 0 Å². The SMILES string of the molecule is COC1=CC(=O)N(C(=O)C=C(C)C[C@H](C)CCCCCCC[C@H](O)C[C@@H](O)C[C@@H](O)C[C@@H](O)C[C@@H](O)C[C@@H](O)C[C@@H](O)C[C@@H](O)C[C@@H](O)C[C@@H](O)C[C@@H](O)C[C@@H](O)C[C@H](O)CNC=O)[C@H]1Cc1ccccc1. The maximum absolute atomic E-state index is 13.3. The van der Waals surface area contributed by atoms with Crippen molar-refractivity contribution in [1.29, 1.82) is 0 Å². The maximum atomic E-state index is 13.3. The summed E-state index contributed by atoms with van der Waals surface area (Å²) in [7, 11) is 1.50. The van der Waals surface area contributed by atoms with Crippen LogP contribution in [0, 0.1) is 5.92 Å². The van der Waals surface area contributed by atoms with Crippen molar-refractivity contribution in [3.05, 3.63) is 59.4 Å². The molecule has 1 aliphatic rings. The molecule has 3 amide bonds. The summed E-state index contributed by atoms with van der Waals surface area (Å²) in [4.78, 5) is 37.7. The summed E-state index contributed by atoms with van der Waals surface area (Å²) in [6, 6.07) is 9.17. The lowest BCUT2D eigenvalue weighted by atomic mass is 9.94. The zero-order valence-corrected chi connectivity index (χ0v) is 42.7. The molecule has 19 heteroatoms. The number of hydrogen-bond donors (Lipinski definition) is 14. The van der Waals surface area contributed by atoms with Crippen LogP contribution in [0.1, 0.15) is 148 Å². The molecule has 414 valence electrons. The van der Waals surface area contributed by atoms with Gasteiger partial charge in [-0.2, -0.15) is 0 Å². The molecule has 0 aromatic heterocycles. The highest BCUT2D eigenvalue weighted by molar-refractivity contribution is 6.08. The Morgan fingerprint density at radius 3 is 1.36 bits per heavy atom. The van der Waals surface area contributed by atoms with Crippen molar-refractivity contribution in [3.63, 3.8) is 0 Å². The van der Waals surface area contributed by atoms with Crippen LogP contribution in [0.2, 0.25) is 0 Å². The number of rotatable bonds is 41. The summed E-state index contributed by atoms with van der Waals surface area (Å²) in [6.07, 6.45) is -5.81. The first kappa shape index (κ1) is 64.7. The fraction of sp³-hybridized carbons (Fsp3) is 0.755. The number of allylic oxidation sites excluding steroid dienone is 1. The standard InChI is InChI=1S/C53H90N2O17/c1-34(16-35(2)17-52(70)55-50(51(72-3)31-53(55)71)18-36-13-9-7-10-14-36)12-8-5-4-6-11-15-37(57)19-38(58)20-39(59)21-40(60)22-41(61)23-42(62)24-43(63)25-44(64)26-45(65)27-46(66)28-47(67)29-48(68)30-49(69)32-54-33-56/h7,9-10,13-14,17,31,33-34,37-50,57-69H,4-6,8,11-12,15-16,18-30,32H2,1-3H3,(H,54,56)/t34-,37+,38-,39-,40-,41-,42-,43-,44-,45-,46-,47-,48-,49+,50+/m1/s1. The Bertz CT molecular complexity index is 1710. The van der Waals surface area contributed by atoms with E-state index in [0.717, 1.165) is 56.1 Å². The van der Waals surface area contributed by atoms with Gasteiger partial charge in [-0.25, -0.2) is 0 Å². The Balaban J connectivity index is 1.56. The van der Waals surface area contributed by atoms with Crippen molar-refractivity contribution in [2.75, 3.05) is 13.7 Å². The van der Waals surface area contributed by atoms with Crippen molar-refractivity contribution < 1.29 is 85.5 Å². The van der Waals surface area contributed by atoms with E-state index in [1.807, 2.05) is 37.3 Å². The van der Waals surface area contributed by atoms with E-state index < -0.39 is 85.4 Å². The summed E-state index contributed by atoms with van der Waals surface area (Å²) in [5.74, 6) is 0.0821. The Hall–Kier alpha value is -3.41. The van der Waals surface area contributed by atoms with Crippen molar-refractivity contribution >= 4 is 18.2 Å². The van der Waals surface area contributed by atoms with Gasteiger partial charge in [-0.15, -0.1) is 0 Å². The predicted molar refractivity (Wildman–Crippen MR) is 268 cm³/mol. The van der Waals surface area contributed by atoms with Gasteiger partial charge in [0.2, 0.25) is 6.41 Å². The molecule has 0 bridgehead atoms. The number of carbonyl (C=O) groups is 3. The number of amides is 3. The van der Waals surface area contributed by atoms with Gasteiger partial charge in [0.25, 0.3) is 11.8 Å². The van der Waals surface area contributed by atoms with Gasteiger partial charge in [-0.1, -0.05) is 81.4 Å². The Labute approximate surface area is 425 Å². The van der Waals surface area contributed by atoms with Gasteiger partial charge in [0.15, 0.2) is 0 Å². The first-order chi connectivity index (χ1) is 34.1. The highest BCUT2D eigenvalue weighted by Gasteiger charge is 2.37. The Morgan fingerprint density at radius 2 is 0.958 bits per heavy atom. The second-order valence-electron chi connectivity index (χ2n) is 20.5. The zero-order valence-electron chi connectivity index (χ0n) is 42.7. The van der Waals surface area contributed by atoms with Gasteiger partial charge in [0, 0.05) is 31.5 Å². The number of aliphatic hydroxyl groups excluding tert-OH is 13. The molecule has 0 unspecified atom stereocenters. The molecule has 2 rings (SSSR count). The number of hydrogen-bond acceptors (Lipinski definition) is 17. The second-order valence-corrected chi connectivity index (χ2v) is 20.5. The van der Waals surface area contributed by atoms with Crippen LogP contribution < -0.4 is 5.32 Å². The fourth-order valence-electron chi connectivity index (χ4n) is 9.66. The van der Waals surface area contributed by atoms with E-state index in [4.69, 9.17) is 4.74 Å². The van der Waals surface area contributed by atoms with Crippen LogP contribution in [0.15, 0.2) is 53.8 Å². The van der Waals surface area contributed by atoms with Crippen molar-refractivity contribution in [1.82, 2.24) is 10.2 Å². The molecule has 19 nitrogen and oxygen atoms in total. The molecule has 15 atom stereocenters. The summed E-state index contributed by atoms with van der Waals surface area (Å²) in [5, 5.41) is 136. The number of ether oxygens (including phenoxy) is 1. The Kier molecular flexibility index (Phi) is 32.1. The molecule has 1 aliphatic heterocycles. The highest BCUT2D eigenvalue weighted by atomic mass is 16.5. The maximum Gasteiger partial charge on any atom is 0.257 e. The average Bonchev–Trinajstić information content (AvgIpc) is 3.58. The summed E-state index contributed by atoms with van der Waals surface area (Å²) in [6.45, 7) is 3.99. The third kappa shape index (κ3) is 28.3. The molecule has 0 radical (unpaired) electrons. The molecule has 0 saturated heterocycles. The smallest absolute Gasteiger partial charge is 0.257 e. The first-order valence-corrected chi connectivity index (χ1v) is 25.9. The molecule has 0 fully saturated rings. The third-order valence-corrected chi connectivity index (χ3v) is 13.1.